The van der Waals surface area contributed by atoms with Gasteiger partial charge in [0.25, 0.3) is 0 Å². The summed E-state index contributed by atoms with van der Waals surface area (Å²) < 4.78 is 0. The van der Waals surface area contributed by atoms with Gasteiger partial charge in [0.15, 0.2) is 5.78 Å². The molecule has 0 aliphatic rings. The zero-order valence-corrected chi connectivity index (χ0v) is 9.73. The van der Waals surface area contributed by atoms with Crippen molar-refractivity contribution in [3.8, 4) is 0 Å². The van der Waals surface area contributed by atoms with Gasteiger partial charge in [0.2, 0.25) is 0 Å². The molecule has 2 heteroatoms. The number of hydrogen-bond acceptors (Lipinski definition) is 2. The molecule has 82 valence electrons. The monoisotopic (exact) mass is 205 g/mol. The minimum atomic E-state index is 0.0115. The average Bonchev–Trinajstić information content (AvgIpc) is 2.26. The van der Waals surface area contributed by atoms with Gasteiger partial charge < -0.3 is 0 Å². The Kier molecular flexibility index (Phi) is 4.50. The van der Waals surface area contributed by atoms with Crippen LogP contribution >= 0.6 is 0 Å². The van der Waals surface area contributed by atoms with Crippen molar-refractivity contribution in [3.05, 3.63) is 35.9 Å². The third-order valence-electron chi connectivity index (χ3n) is 2.55. The summed E-state index contributed by atoms with van der Waals surface area (Å²) in [5, 5.41) is 0. The summed E-state index contributed by atoms with van der Waals surface area (Å²) >= 11 is 0. The van der Waals surface area contributed by atoms with Crippen molar-refractivity contribution in [2.75, 3.05) is 14.1 Å². The minimum Gasteiger partial charge on any atom is -0.299 e. The van der Waals surface area contributed by atoms with Gasteiger partial charge in [0, 0.05) is 5.56 Å². The molecule has 0 saturated heterocycles. The third kappa shape index (κ3) is 3.17. The molecule has 1 aromatic carbocycles. The average molecular weight is 205 g/mol. The molecule has 2 nitrogen and oxygen atoms in total. The Morgan fingerprint density at radius 1 is 1.27 bits per heavy atom. The summed E-state index contributed by atoms with van der Waals surface area (Å²) in [7, 11) is 3.92. The van der Waals surface area contributed by atoms with Gasteiger partial charge in [-0.25, -0.2) is 0 Å². The van der Waals surface area contributed by atoms with Gasteiger partial charge in [-0.15, -0.1) is 0 Å². The molecule has 0 saturated carbocycles. The van der Waals surface area contributed by atoms with E-state index in [2.05, 4.69) is 6.92 Å². The van der Waals surface area contributed by atoms with E-state index in [1.54, 1.807) is 0 Å². The Balaban J connectivity index is 2.81. The summed E-state index contributed by atoms with van der Waals surface area (Å²) in [4.78, 5) is 14.1. The molecule has 0 aliphatic heterocycles. The number of hydrogen-bond donors (Lipinski definition) is 0. The van der Waals surface area contributed by atoms with Gasteiger partial charge in [0.1, 0.15) is 0 Å². The highest BCUT2D eigenvalue weighted by molar-refractivity contribution is 6.00. The second-order valence-corrected chi connectivity index (χ2v) is 4.00. The number of nitrogens with zero attached hydrogens (tertiary/aromatic N) is 1. The topological polar surface area (TPSA) is 20.3 Å². The van der Waals surface area contributed by atoms with E-state index >= 15 is 0 Å². The predicted molar refractivity (Wildman–Crippen MR) is 63.2 cm³/mol. The molecule has 0 spiro atoms. The van der Waals surface area contributed by atoms with Crippen LogP contribution < -0.4 is 0 Å². The Morgan fingerprint density at radius 3 is 2.33 bits per heavy atom. The van der Waals surface area contributed by atoms with Crippen LogP contribution in [0.3, 0.4) is 0 Å². The lowest BCUT2D eigenvalue weighted by Gasteiger charge is -2.22. The van der Waals surface area contributed by atoms with Gasteiger partial charge in [-0.2, -0.15) is 0 Å². The van der Waals surface area contributed by atoms with Crippen LogP contribution in [0.5, 0.6) is 0 Å². The number of likely N-dealkylation sites (N-methyl/N-ethyl adjacent to an activating group) is 1. The Labute approximate surface area is 91.9 Å². The fraction of sp³-hybridized carbons (Fsp3) is 0.462. The lowest BCUT2D eigenvalue weighted by atomic mass is 10.00. The number of benzene rings is 1. The van der Waals surface area contributed by atoms with E-state index in [-0.39, 0.29) is 11.8 Å². The molecule has 0 radical (unpaired) electrons. The van der Waals surface area contributed by atoms with Crippen LogP contribution in [0.15, 0.2) is 30.3 Å². The molecule has 0 aliphatic carbocycles. The quantitative estimate of drug-likeness (QED) is 0.689. The first-order valence-electron chi connectivity index (χ1n) is 5.42. The van der Waals surface area contributed by atoms with Crippen LogP contribution in [0.1, 0.15) is 30.1 Å². The van der Waals surface area contributed by atoms with Crippen molar-refractivity contribution >= 4 is 5.78 Å². The first-order chi connectivity index (χ1) is 7.16. The summed E-state index contributed by atoms with van der Waals surface area (Å²) in [6.07, 6.45) is 1.95. The zero-order chi connectivity index (χ0) is 11.3. The van der Waals surface area contributed by atoms with E-state index in [1.165, 1.54) is 0 Å². The van der Waals surface area contributed by atoms with Crippen LogP contribution in [0.2, 0.25) is 0 Å². The largest absolute Gasteiger partial charge is 0.299 e. The lowest BCUT2D eigenvalue weighted by Crippen LogP contribution is -2.35. The van der Waals surface area contributed by atoms with Crippen LogP contribution in [-0.2, 0) is 0 Å². The first kappa shape index (κ1) is 11.9. The number of ketones is 1. The van der Waals surface area contributed by atoms with Gasteiger partial charge in [0.05, 0.1) is 6.04 Å². The fourth-order valence-electron chi connectivity index (χ4n) is 1.69. The summed E-state index contributed by atoms with van der Waals surface area (Å²) in [6.45, 7) is 2.11. The van der Waals surface area contributed by atoms with Crippen molar-refractivity contribution in [1.82, 2.24) is 4.90 Å². The van der Waals surface area contributed by atoms with Crippen molar-refractivity contribution in [2.24, 2.45) is 0 Å². The number of carbonyl (C=O) groups is 1. The number of carbonyl (C=O) groups excluding carboxylic acids is 1. The molecular formula is C13H19NO. The summed E-state index contributed by atoms with van der Waals surface area (Å²) in [5.41, 5.74) is 0.810. The van der Waals surface area contributed by atoms with E-state index < -0.39 is 0 Å². The summed E-state index contributed by atoms with van der Waals surface area (Å²) in [6, 6.07) is 9.53. The van der Waals surface area contributed by atoms with E-state index in [9.17, 15) is 4.79 Å². The van der Waals surface area contributed by atoms with Gasteiger partial charge >= 0.3 is 0 Å². The Morgan fingerprint density at radius 2 is 1.87 bits per heavy atom. The van der Waals surface area contributed by atoms with E-state index in [0.717, 1.165) is 18.4 Å². The van der Waals surface area contributed by atoms with Crippen LogP contribution in [0, 0.1) is 0 Å². The molecule has 0 aromatic heterocycles. The second-order valence-electron chi connectivity index (χ2n) is 4.00. The normalized spacial score (nSPS) is 12.8. The van der Waals surface area contributed by atoms with Crippen molar-refractivity contribution in [2.45, 2.75) is 25.8 Å². The highest BCUT2D eigenvalue weighted by Gasteiger charge is 2.20. The predicted octanol–water partition coefficient (Wildman–Crippen LogP) is 2.60. The van der Waals surface area contributed by atoms with Crippen LogP contribution in [0.4, 0.5) is 0 Å². The number of Topliss-reactive ketones (excluding diaryl/α,β-unsaturated/α-hetero) is 1. The van der Waals surface area contributed by atoms with E-state index in [1.807, 2.05) is 49.3 Å². The molecule has 0 fully saturated rings. The van der Waals surface area contributed by atoms with Crippen molar-refractivity contribution in [1.29, 1.82) is 0 Å². The highest BCUT2D eigenvalue weighted by atomic mass is 16.1. The first-order valence-corrected chi connectivity index (χ1v) is 5.42. The molecule has 0 amide bonds. The van der Waals surface area contributed by atoms with Crippen molar-refractivity contribution in [3.63, 3.8) is 0 Å². The minimum absolute atomic E-state index is 0.0115. The molecule has 1 rings (SSSR count). The molecule has 0 N–H and O–H groups in total. The van der Waals surface area contributed by atoms with Crippen molar-refractivity contribution < 1.29 is 4.79 Å². The van der Waals surface area contributed by atoms with Gasteiger partial charge in [-0.05, 0) is 20.5 Å². The van der Waals surface area contributed by atoms with Gasteiger partial charge in [-0.3, -0.25) is 9.69 Å². The molecule has 1 atom stereocenters. The summed E-state index contributed by atoms with van der Waals surface area (Å²) in [5.74, 6) is 0.224. The Hall–Kier alpha value is -1.15. The standard InChI is InChI=1S/C13H19NO/c1-4-8-12(14(2)3)13(15)11-9-6-5-7-10-11/h5-7,9-10,12H,4,8H2,1-3H3. The molecule has 1 aromatic rings. The molecule has 0 bridgehead atoms. The van der Waals surface area contributed by atoms with Gasteiger partial charge in [-0.1, -0.05) is 43.7 Å². The highest BCUT2D eigenvalue weighted by Crippen LogP contribution is 2.11. The number of rotatable bonds is 5. The SMILES string of the molecule is CCCC(C(=O)c1ccccc1)N(C)C. The maximum Gasteiger partial charge on any atom is 0.179 e. The molecule has 1 unspecified atom stereocenters. The lowest BCUT2D eigenvalue weighted by molar-refractivity contribution is 0.0866. The third-order valence-corrected chi connectivity index (χ3v) is 2.55. The maximum absolute atomic E-state index is 12.1. The zero-order valence-electron chi connectivity index (χ0n) is 9.73. The second kappa shape index (κ2) is 5.66. The van der Waals surface area contributed by atoms with Crippen LogP contribution in [0.25, 0.3) is 0 Å². The van der Waals surface area contributed by atoms with Crippen LogP contribution in [-0.4, -0.2) is 30.8 Å². The van der Waals surface area contributed by atoms with E-state index in [4.69, 9.17) is 0 Å². The molecule has 0 heterocycles. The molecular weight excluding hydrogens is 186 g/mol. The van der Waals surface area contributed by atoms with E-state index in [0.29, 0.717) is 0 Å². The fourth-order valence-corrected chi connectivity index (χ4v) is 1.69. The smallest absolute Gasteiger partial charge is 0.179 e. The molecule has 15 heavy (non-hydrogen) atoms. The Bertz CT molecular complexity index is 306. The maximum atomic E-state index is 12.1.